The molecule has 1 heterocycles. The van der Waals surface area contributed by atoms with Crippen molar-refractivity contribution in [3.05, 3.63) is 35.9 Å². The number of aliphatic hydroxyl groups is 1. The Morgan fingerprint density at radius 1 is 1.32 bits per heavy atom. The van der Waals surface area contributed by atoms with Crippen molar-refractivity contribution in [2.45, 2.75) is 44.5 Å². The van der Waals surface area contributed by atoms with Gasteiger partial charge in [-0.2, -0.15) is 0 Å². The van der Waals surface area contributed by atoms with Crippen LogP contribution in [0.15, 0.2) is 30.3 Å². The van der Waals surface area contributed by atoms with Crippen molar-refractivity contribution in [3.63, 3.8) is 0 Å². The van der Waals surface area contributed by atoms with Crippen molar-refractivity contribution in [2.24, 2.45) is 0 Å². The van der Waals surface area contributed by atoms with Gasteiger partial charge in [0.25, 0.3) is 0 Å². The molecule has 4 heteroatoms. The van der Waals surface area contributed by atoms with E-state index in [1.54, 1.807) is 0 Å². The van der Waals surface area contributed by atoms with Crippen LogP contribution in [0.3, 0.4) is 0 Å². The second-order valence-electron chi connectivity index (χ2n) is 4.84. The van der Waals surface area contributed by atoms with Gasteiger partial charge in [0.15, 0.2) is 0 Å². The van der Waals surface area contributed by atoms with E-state index < -0.39 is 12.2 Å². The summed E-state index contributed by atoms with van der Waals surface area (Å²) in [5.74, 6) is -0.218. The highest BCUT2D eigenvalue weighted by Gasteiger charge is 2.25. The Morgan fingerprint density at radius 3 is 2.89 bits per heavy atom. The van der Waals surface area contributed by atoms with Crippen molar-refractivity contribution in [2.75, 3.05) is 6.61 Å². The molecule has 0 aliphatic carbocycles. The minimum Gasteiger partial charge on any atom is -0.460 e. The number of rotatable bonds is 5. The van der Waals surface area contributed by atoms with Crippen molar-refractivity contribution in [3.8, 4) is 0 Å². The van der Waals surface area contributed by atoms with Crippen LogP contribution in [-0.2, 0) is 20.9 Å². The molecular formula is C15H20O4. The van der Waals surface area contributed by atoms with Crippen LogP contribution in [0.2, 0.25) is 0 Å². The lowest BCUT2D eigenvalue weighted by atomic mass is 10.1. The van der Waals surface area contributed by atoms with Gasteiger partial charge in [0.1, 0.15) is 12.2 Å². The molecule has 0 aromatic heterocycles. The number of esters is 1. The van der Waals surface area contributed by atoms with Crippen LogP contribution in [0, 0.1) is 0 Å². The molecule has 2 rings (SSSR count). The van der Waals surface area contributed by atoms with Gasteiger partial charge >= 0.3 is 5.97 Å². The smallest absolute Gasteiger partial charge is 0.306 e. The van der Waals surface area contributed by atoms with E-state index in [0.717, 1.165) is 18.4 Å². The first kappa shape index (κ1) is 14.0. The number of ether oxygens (including phenoxy) is 2. The van der Waals surface area contributed by atoms with Crippen LogP contribution in [0.1, 0.15) is 31.2 Å². The fourth-order valence-corrected chi connectivity index (χ4v) is 2.15. The molecule has 1 N–H and O–H groups in total. The average molecular weight is 264 g/mol. The van der Waals surface area contributed by atoms with Crippen LogP contribution >= 0.6 is 0 Å². The second kappa shape index (κ2) is 7.26. The Hall–Kier alpha value is -1.39. The second-order valence-corrected chi connectivity index (χ2v) is 4.84. The van der Waals surface area contributed by atoms with Gasteiger partial charge in [0.05, 0.1) is 13.2 Å². The van der Waals surface area contributed by atoms with Gasteiger partial charge < -0.3 is 14.6 Å². The summed E-state index contributed by atoms with van der Waals surface area (Å²) in [7, 11) is 0. The van der Waals surface area contributed by atoms with Gasteiger partial charge in [-0.3, -0.25) is 4.79 Å². The third-order valence-corrected chi connectivity index (χ3v) is 3.23. The standard InChI is InChI=1S/C15H20O4/c16-13(14-8-4-5-9-15(17)19-14)11-18-10-12-6-2-1-3-7-12/h1-3,6-7,13-14,16H,4-5,8-11H2/t13-,14-/m0/s1. The lowest BCUT2D eigenvalue weighted by Gasteiger charge is -2.21. The van der Waals surface area contributed by atoms with Gasteiger partial charge in [-0.15, -0.1) is 0 Å². The highest BCUT2D eigenvalue weighted by atomic mass is 16.6. The molecule has 0 spiro atoms. The average Bonchev–Trinajstić information content (AvgIpc) is 2.64. The van der Waals surface area contributed by atoms with Crippen molar-refractivity contribution in [1.29, 1.82) is 0 Å². The molecule has 1 saturated heterocycles. The van der Waals surface area contributed by atoms with Gasteiger partial charge in [0, 0.05) is 6.42 Å². The van der Waals surface area contributed by atoms with Gasteiger partial charge in [-0.1, -0.05) is 30.3 Å². The maximum absolute atomic E-state index is 11.3. The number of hydrogen-bond acceptors (Lipinski definition) is 4. The lowest BCUT2D eigenvalue weighted by molar-refractivity contribution is -0.156. The minimum absolute atomic E-state index is 0.187. The quantitative estimate of drug-likeness (QED) is 0.827. The van der Waals surface area contributed by atoms with Crippen LogP contribution < -0.4 is 0 Å². The molecule has 1 aromatic rings. The van der Waals surface area contributed by atoms with Crippen molar-refractivity contribution < 1.29 is 19.4 Å². The zero-order valence-corrected chi connectivity index (χ0v) is 11.0. The van der Waals surface area contributed by atoms with Crippen LogP contribution in [0.4, 0.5) is 0 Å². The molecule has 19 heavy (non-hydrogen) atoms. The molecule has 0 unspecified atom stereocenters. The summed E-state index contributed by atoms with van der Waals surface area (Å²) in [6, 6.07) is 9.78. The number of benzene rings is 1. The van der Waals surface area contributed by atoms with E-state index in [-0.39, 0.29) is 12.6 Å². The number of aliphatic hydroxyl groups excluding tert-OH is 1. The summed E-state index contributed by atoms with van der Waals surface area (Å²) in [5, 5.41) is 9.99. The Kier molecular flexibility index (Phi) is 5.36. The zero-order chi connectivity index (χ0) is 13.5. The fourth-order valence-electron chi connectivity index (χ4n) is 2.15. The van der Waals surface area contributed by atoms with E-state index in [9.17, 15) is 9.90 Å². The summed E-state index contributed by atoms with van der Waals surface area (Å²) in [6.45, 7) is 0.644. The molecule has 2 atom stereocenters. The maximum Gasteiger partial charge on any atom is 0.306 e. The normalized spacial score (nSPS) is 21.5. The first-order chi connectivity index (χ1) is 9.25. The highest BCUT2D eigenvalue weighted by molar-refractivity contribution is 5.69. The first-order valence-electron chi connectivity index (χ1n) is 6.75. The Morgan fingerprint density at radius 2 is 2.11 bits per heavy atom. The number of carbonyl (C=O) groups excluding carboxylic acids is 1. The summed E-state index contributed by atoms with van der Waals surface area (Å²) in [5.41, 5.74) is 1.06. The fraction of sp³-hybridized carbons (Fsp3) is 0.533. The SMILES string of the molecule is O=C1CCCC[C@@H]([C@@H](O)COCc2ccccc2)O1. The van der Waals surface area contributed by atoms with E-state index in [1.165, 1.54) is 0 Å². The third-order valence-electron chi connectivity index (χ3n) is 3.23. The molecule has 0 bridgehead atoms. The summed E-state index contributed by atoms with van der Waals surface area (Å²) < 4.78 is 10.7. The molecular weight excluding hydrogens is 244 g/mol. The van der Waals surface area contributed by atoms with Gasteiger partial charge in [-0.05, 0) is 24.8 Å². The molecule has 0 saturated carbocycles. The van der Waals surface area contributed by atoms with Gasteiger partial charge in [-0.25, -0.2) is 0 Å². The van der Waals surface area contributed by atoms with E-state index in [4.69, 9.17) is 9.47 Å². The minimum atomic E-state index is -0.745. The van der Waals surface area contributed by atoms with E-state index in [2.05, 4.69) is 0 Å². The van der Waals surface area contributed by atoms with Crippen LogP contribution in [0.25, 0.3) is 0 Å². The Balaban J connectivity index is 1.74. The molecule has 1 aliphatic rings. The van der Waals surface area contributed by atoms with E-state index in [0.29, 0.717) is 19.4 Å². The van der Waals surface area contributed by atoms with Gasteiger partial charge in [0.2, 0.25) is 0 Å². The zero-order valence-electron chi connectivity index (χ0n) is 11.0. The molecule has 1 aromatic carbocycles. The molecule has 0 radical (unpaired) electrons. The predicted molar refractivity (Wildman–Crippen MR) is 70.5 cm³/mol. The maximum atomic E-state index is 11.3. The third kappa shape index (κ3) is 4.65. The lowest BCUT2D eigenvalue weighted by Crippen LogP contribution is -2.33. The molecule has 1 fully saturated rings. The molecule has 1 aliphatic heterocycles. The Bertz CT molecular complexity index is 390. The van der Waals surface area contributed by atoms with E-state index >= 15 is 0 Å². The van der Waals surface area contributed by atoms with E-state index in [1.807, 2.05) is 30.3 Å². The number of cyclic esters (lactones) is 1. The van der Waals surface area contributed by atoms with Crippen molar-refractivity contribution in [1.82, 2.24) is 0 Å². The Labute approximate surface area is 113 Å². The summed E-state index contributed by atoms with van der Waals surface area (Å²) >= 11 is 0. The predicted octanol–water partition coefficient (Wildman–Crippen LogP) is 2.05. The molecule has 104 valence electrons. The summed E-state index contributed by atoms with van der Waals surface area (Å²) in [4.78, 5) is 11.3. The highest BCUT2D eigenvalue weighted by Crippen LogP contribution is 2.17. The molecule has 4 nitrogen and oxygen atoms in total. The van der Waals surface area contributed by atoms with Crippen LogP contribution in [-0.4, -0.2) is 29.9 Å². The van der Waals surface area contributed by atoms with Crippen LogP contribution in [0.5, 0.6) is 0 Å². The first-order valence-corrected chi connectivity index (χ1v) is 6.75. The number of hydrogen-bond donors (Lipinski definition) is 1. The molecule has 0 amide bonds. The van der Waals surface area contributed by atoms with Crippen molar-refractivity contribution >= 4 is 5.97 Å². The summed E-state index contributed by atoms with van der Waals surface area (Å²) in [6.07, 6.45) is 1.74. The topological polar surface area (TPSA) is 55.8 Å². The number of carbonyl (C=O) groups is 1. The monoisotopic (exact) mass is 264 g/mol. The largest absolute Gasteiger partial charge is 0.460 e.